The first-order chi connectivity index (χ1) is 10.0. The first-order valence-electron chi connectivity index (χ1n) is 7.14. The van der Waals surface area contributed by atoms with Gasteiger partial charge < -0.3 is 11.1 Å². The second kappa shape index (κ2) is 6.54. The van der Waals surface area contributed by atoms with Gasteiger partial charge in [-0.05, 0) is 44.9 Å². The number of carbonyl (C=O) groups excluding carboxylic acids is 1. The topological polar surface area (TPSA) is 72.9 Å². The third-order valence-corrected chi connectivity index (χ3v) is 3.64. The fourth-order valence-electron chi connectivity index (χ4n) is 2.33. The fraction of sp³-hybridized carbons (Fsp3) is 0.375. The second-order valence-electron chi connectivity index (χ2n) is 5.23. The van der Waals surface area contributed by atoms with Crippen LogP contribution in [-0.4, -0.2) is 22.2 Å². The maximum absolute atomic E-state index is 12.4. The first kappa shape index (κ1) is 15.3. The molecule has 3 N–H and O–H groups in total. The van der Waals surface area contributed by atoms with Crippen molar-refractivity contribution in [2.24, 2.45) is 5.73 Å². The van der Waals surface area contributed by atoms with Crippen molar-refractivity contribution >= 4 is 11.6 Å². The molecule has 21 heavy (non-hydrogen) atoms. The number of nitrogens with one attached hydrogen (secondary N) is 1. The molecule has 1 aromatic carbocycles. The molecular formula is C16H22N4O. The Morgan fingerprint density at radius 1 is 1.29 bits per heavy atom. The number of rotatable bonds is 5. The zero-order chi connectivity index (χ0) is 15.4. The number of nitrogens with zero attached hydrogens (tertiary/aromatic N) is 2. The van der Waals surface area contributed by atoms with Gasteiger partial charge >= 0.3 is 0 Å². The Morgan fingerprint density at radius 3 is 2.57 bits per heavy atom. The normalized spacial score (nSPS) is 10.7. The average Bonchev–Trinajstić information content (AvgIpc) is 2.82. The fourth-order valence-corrected chi connectivity index (χ4v) is 2.33. The number of benzene rings is 1. The molecule has 5 nitrogen and oxygen atoms in total. The monoisotopic (exact) mass is 286 g/mol. The van der Waals surface area contributed by atoms with E-state index in [0.29, 0.717) is 12.1 Å². The van der Waals surface area contributed by atoms with E-state index in [1.165, 1.54) is 0 Å². The van der Waals surface area contributed by atoms with E-state index >= 15 is 0 Å². The van der Waals surface area contributed by atoms with Crippen molar-refractivity contribution in [3.05, 3.63) is 46.8 Å². The number of para-hydroxylation sites is 1. The minimum absolute atomic E-state index is 0.121. The molecule has 5 heteroatoms. The summed E-state index contributed by atoms with van der Waals surface area (Å²) in [6.07, 6.45) is 2.47. The Balaban J connectivity index is 2.19. The number of amides is 1. The molecule has 112 valence electrons. The SMILES string of the molecule is Cc1cccc(C)c1NC(=O)c1cnn(CCCN)c1C. The molecule has 1 amide bonds. The van der Waals surface area contributed by atoms with Crippen LogP contribution in [0.25, 0.3) is 0 Å². The van der Waals surface area contributed by atoms with Gasteiger partial charge in [-0.1, -0.05) is 18.2 Å². The zero-order valence-electron chi connectivity index (χ0n) is 12.8. The molecule has 0 saturated carbocycles. The maximum Gasteiger partial charge on any atom is 0.259 e. The lowest BCUT2D eigenvalue weighted by Gasteiger charge is -2.11. The molecule has 0 aliphatic carbocycles. The van der Waals surface area contributed by atoms with E-state index in [1.807, 2.05) is 43.7 Å². The number of hydrogen-bond donors (Lipinski definition) is 2. The van der Waals surface area contributed by atoms with Crippen LogP contribution in [0.4, 0.5) is 5.69 Å². The minimum atomic E-state index is -0.121. The summed E-state index contributed by atoms with van der Waals surface area (Å²) in [6.45, 7) is 7.23. The smallest absolute Gasteiger partial charge is 0.259 e. The highest BCUT2D eigenvalue weighted by Gasteiger charge is 2.15. The van der Waals surface area contributed by atoms with Crippen LogP contribution in [0.5, 0.6) is 0 Å². The summed E-state index contributed by atoms with van der Waals surface area (Å²) in [6, 6.07) is 5.96. The van der Waals surface area contributed by atoms with Gasteiger partial charge in [-0.2, -0.15) is 5.10 Å². The van der Waals surface area contributed by atoms with Gasteiger partial charge in [0.25, 0.3) is 5.91 Å². The highest BCUT2D eigenvalue weighted by atomic mass is 16.1. The number of aromatic nitrogens is 2. The lowest BCUT2D eigenvalue weighted by atomic mass is 10.1. The number of carbonyl (C=O) groups is 1. The number of nitrogens with two attached hydrogens (primary N) is 1. The van der Waals surface area contributed by atoms with Gasteiger partial charge in [0.05, 0.1) is 11.8 Å². The van der Waals surface area contributed by atoms with Crippen LogP contribution < -0.4 is 11.1 Å². The molecule has 0 atom stereocenters. The lowest BCUT2D eigenvalue weighted by Crippen LogP contribution is -2.15. The van der Waals surface area contributed by atoms with Gasteiger partial charge in [-0.15, -0.1) is 0 Å². The summed E-state index contributed by atoms with van der Waals surface area (Å²) in [5, 5.41) is 7.25. The predicted octanol–water partition coefficient (Wildman–Crippen LogP) is 2.41. The molecule has 1 heterocycles. The number of aryl methyl sites for hydroxylation is 3. The van der Waals surface area contributed by atoms with Crippen molar-refractivity contribution in [2.75, 3.05) is 11.9 Å². The Hall–Kier alpha value is -2.14. The van der Waals surface area contributed by atoms with E-state index in [1.54, 1.807) is 6.20 Å². The van der Waals surface area contributed by atoms with Crippen molar-refractivity contribution < 1.29 is 4.79 Å². The van der Waals surface area contributed by atoms with E-state index < -0.39 is 0 Å². The van der Waals surface area contributed by atoms with Crippen LogP contribution in [-0.2, 0) is 6.54 Å². The summed E-state index contributed by atoms with van der Waals surface area (Å²) in [5.41, 5.74) is 9.96. The third kappa shape index (κ3) is 3.31. The van der Waals surface area contributed by atoms with E-state index in [4.69, 9.17) is 5.73 Å². The van der Waals surface area contributed by atoms with Crippen molar-refractivity contribution in [3.63, 3.8) is 0 Å². The van der Waals surface area contributed by atoms with Gasteiger partial charge in [0.2, 0.25) is 0 Å². The van der Waals surface area contributed by atoms with Crippen LogP contribution in [0, 0.1) is 20.8 Å². The van der Waals surface area contributed by atoms with Crippen LogP contribution >= 0.6 is 0 Å². The third-order valence-electron chi connectivity index (χ3n) is 3.64. The summed E-state index contributed by atoms with van der Waals surface area (Å²) >= 11 is 0. The second-order valence-corrected chi connectivity index (χ2v) is 5.23. The highest BCUT2D eigenvalue weighted by molar-refractivity contribution is 6.05. The van der Waals surface area contributed by atoms with Crippen LogP contribution in [0.15, 0.2) is 24.4 Å². The molecule has 0 fully saturated rings. The van der Waals surface area contributed by atoms with Gasteiger partial charge in [0.15, 0.2) is 0 Å². The lowest BCUT2D eigenvalue weighted by molar-refractivity contribution is 0.102. The summed E-state index contributed by atoms with van der Waals surface area (Å²) in [4.78, 5) is 12.4. The molecule has 0 bridgehead atoms. The van der Waals surface area contributed by atoms with Crippen LogP contribution in [0.2, 0.25) is 0 Å². The number of anilines is 1. The van der Waals surface area contributed by atoms with E-state index in [2.05, 4.69) is 10.4 Å². The molecule has 0 saturated heterocycles. The van der Waals surface area contributed by atoms with Crippen molar-refractivity contribution in [2.45, 2.75) is 33.7 Å². The quantitative estimate of drug-likeness (QED) is 0.886. The Labute approximate surface area is 125 Å². The van der Waals surface area contributed by atoms with E-state index in [-0.39, 0.29) is 5.91 Å². The average molecular weight is 286 g/mol. The molecule has 0 spiro atoms. The van der Waals surface area contributed by atoms with Gasteiger partial charge in [0, 0.05) is 17.9 Å². The van der Waals surface area contributed by atoms with E-state index in [9.17, 15) is 4.79 Å². The van der Waals surface area contributed by atoms with Crippen LogP contribution in [0.3, 0.4) is 0 Å². The molecule has 2 rings (SSSR count). The summed E-state index contributed by atoms with van der Waals surface area (Å²) in [5.74, 6) is -0.121. The van der Waals surface area contributed by atoms with Crippen molar-refractivity contribution in [1.82, 2.24) is 9.78 Å². The van der Waals surface area contributed by atoms with E-state index in [0.717, 1.165) is 35.5 Å². The van der Waals surface area contributed by atoms with Crippen molar-refractivity contribution in [3.8, 4) is 0 Å². The first-order valence-corrected chi connectivity index (χ1v) is 7.14. The zero-order valence-corrected chi connectivity index (χ0v) is 12.8. The molecule has 0 aliphatic heterocycles. The summed E-state index contributed by atoms with van der Waals surface area (Å²) < 4.78 is 1.83. The standard InChI is InChI=1S/C16H22N4O/c1-11-6-4-7-12(2)15(11)19-16(21)14-10-18-20(13(14)3)9-5-8-17/h4,6-7,10H,5,8-9,17H2,1-3H3,(H,19,21). The molecule has 2 aromatic rings. The largest absolute Gasteiger partial charge is 0.330 e. The molecule has 0 unspecified atom stereocenters. The molecule has 1 aromatic heterocycles. The molecule has 0 radical (unpaired) electrons. The van der Waals surface area contributed by atoms with Gasteiger partial charge in [0.1, 0.15) is 0 Å². The van der Waals surface area contributed by atoms with Gasteiger partial charge in [-0.25, -0.2) is 0 Å². The Kier molecular flexibility index (Phi) is 4.75. The number of hydrogen-bond acceptors (Lipinski definition) is 3. The van der Waals surface area contributed by atoms with Gasteiger partial charge in [-0.3, -0.25) is 9.48 Å². The molecule has 0 aliphatic rings. The maximum atomic E-state index is 12.4. The summed E-state index contributed by atoms with van der Waals surface area (Å²) in [7, 11) is 0. The Bertz CT molecular complexity index is 625. The minimum Gasteiger partial charge on any atom is -0.330 e. The highest BCUT2D eigenvalue weighted by Crippen LogP contribution is 2.21. The predicted molar refractivity (Wildman–Crippen MR) is 84.5 cm³/mol. The molecular weight excluding hydrogens is 264 g/mol. The van der Waals surface area contributed by atoms with Crippen molar-refractivity contribution in [1.29, 1.82) is 0 Å². The Morgan fingerprint density at radius 2 is 1.95 bits per heavy atom. The van der Waals surface area contributed by atoms with Crippen LogP contribution in [0.1, 0.15) is 33.6 Å².